The number of aromatic amines is 1. The number of pyridine rings is 1. The molecule has 2 aliphatic heterocycles. The molecule has 1 fully saturated rings. The molecule has 2 unspecified atom stereocenters. The Hall–Kier alpha value is -3.47. The van der Waals surface area contributed by atoms with Gasteiger partial charge in [0.25, 0.3) is 0 Å². The van der Waals surface area contributed by atoms with Crippen molar-refractivity contribution < 1.29 is 27.4 Å². The maximum atomic E-state index is 15.3. The van der Waals surface area contributed by atoms with E-state index in [9.17, 15) is 9.18 Å². The van der Waals surface area contributed by atoms with E-state index in [1.807, 2.05) is 6.07 Å². The molecule has 8 nitrogen and oxygen atoms in total. The molecule has 1 saturated heterocycles. The van der Waals surface area contributed by atoms with Crippen LogP contribution in [0.25, 0.3) is 11.0 Å². The number of hydrogen-bond donors (Lipinski definition) is 1. The molecule has 3 aromatic rings. The van der Waals surface area contributed by atoms with E-state index in [2.05, 4.69) is 28.7 Å². The van der Waals surface area contributed by atoms with Crippen LogP contribution < -0.4 is 19.3 Å². The van der Waals surface area contributed by atoms with Gasteiger partial charge in [-0.1, -0.05) is 20.3 Å². The number of methoxy groups -OCH3 is 2. The highest BCUT2D eigenvalue weighted by molar-refractivity contribution is 6.11. The number of hydrogen-bond acceptors (Lipinski definition) is 5. The van der Waals surface area contributed by atoms with Gasteiger partial charge in [0, 0.05) is 35.5 Å². The van der Waals surface area contributed by atoms with Gasteiger partial charge in [0.1, 0.15) is 18.0 Å². The summed E-state index contributed by atoms with van der Waals surface area (Å²) >= 11 is 0. The maximum absolute atomic E-state index is 15.3. The number of aromatic nitrogens is 2. The Bertz CT molecular complexity index is 1370. The number of urea groups is 1. The van der Waals surface area contributed by atoms with Crippen LogP contribution >= 0.6 is 0 Å². The first kappa shape index (κ1) is 28.1. The zero-order chi connectivity index (χ0) is 28.6. The molecule has 2 atom stereocenters. The number of likely N-dealkylation sites (tertiary alicyclic amines) is 1. The number of nitrogens with one attached hydrogen (secondary N) is 1. The van der Waals surface area contributed by atoms with Crippen molar-refractivity contribution in [2.75, 3.05) is 50.3 Å². The Morgan fingerprint density at radius 2 is 1.77 bits per heavy atom. The number of benzene rings is 1. The average molecular weight is 560 g/mol. The minimum absolute atomic E-state index is 0.160. The lowest BCUT2D eigenvalue weighted by Crippen LogP contribution is -2.49. The lowest BCUT2D eigenvalue weighted by Gasteiger charge is -2.37. The van der Waals surface area contributed by atoms with Gasteiger partial charge in [-0.05, 0) is 43.8 Å². The molecule has 2 aromatic heterocycles. The Morgan fingerprint density at radius 1 is 1.07 bits per heavy atom. The first-order valence-electron chi connectivity index (χ1n) is 13.8. The van der Waals surface area contributed by atoms with Crippen molar-refractivity contribution in [3.63, 3.8) is 0 Å². The predicted octanol–water partition coefficient (Wildman–Crippen LogP) is 6.03. The van der Waals surface area contributed by atoms with Gasteiger partial charge in [0.15, 0.2) is 23.1 Å². The third-order valence-electron chi connectivity index (χ3n) is 8.39. The summed E-state index contributed by atoms with van der Waals surface area (Å²) in [6.07, 6.45) is 5.05. The molecule has 0 saturated carbocycles. The number of carbonyl (C=O) groups excluding carboxylic acids is 1. The second-order valence-corrected chi connectivity index (χ2v) is 10.7. The second kappa shape index (κ2) is 11.6. The lowest BCUT2D eigenvalue weighted by molar-refractivity contribution is 0.248. The molecule has 0 spiro atoms. The van der Waals surface area contributed by atoms with Crippen LogP contribution in [0, 0.1) is 23.5 Å². The van der Waals surface area contributed by atoms with Gasteiger partial charge in [-0.2, -0.15) is 0 Å². The van der Waals surface area contributed by atoms with Crippen LogP contribution in [0.2, 0.25) is 0 Å². The largest absolute Gasteiger partial charge is 0.493 e. The van der Waals surface area contributed by atoms with Crippen LogP contribution in [-0.2, 0) is 13.1 Å². The number of halogens is 3. The van der Waals surface area contributed by atoms with Gasteiger partial charge < -0.3 is 14.5 Å². The fourth-order valence-corrected chi connectivity index (χ4v) is 6.10. The van der Waals surface area contributed by atoms with Gasteiger partial charge in [0.2, 0.25) is 0 Å². The topological polar surface area (TPSA) is 73.9 Å². The summed E-state index contributed by atoms with van der Waals surface area (Å²) in [6.45, 7) is 6.02. The molecule has 2 aliphatic rings. The van der Waals surface area contributed by atoms with E-state index in [0.29, 0.717) is 34.7 Å². The molecule has 0 bridgehead atoms. The Morgan fingerprint density at radius 3 is 2.42 bits per heavy atom. The van der Waals surface area contributed by atoms with Crippen molar-refractivity contribution in [2.45, 2.75) is 46.2 Å². The van der Waals surface area contributed by atoms with Crippen molar-refractivity contribution in [1.29, 1.82) is 0 Å². The van der Waals surface area contributed by atoms with Crippen molar-refractivity contribution in [3.8, 4) is 11.5 Å². The summed E-state index contributed by atoms with van der Waals surface area (Å²) in [6, 6.07) is 2.28. The summed E-state index contributed by atoms with van der Waals surface area (Å²) in [4.78, 5) is 26.2. The number of amides is 2. The van der Waals surface area contributed by atoms with Crippen molar-refractivity contribution in [2.24, 2.45) is 11.8 Å². The fraction of sp³-hybridized carbons (Fsp3) is 0.517. The van der Waals surface area contributed by atoms with Gasteiger partial charge in [-0.25, -0.2) is 22.9 Å². The summed E-state index contributed by atoms with van der Waals surface area (Å²) in [5.74, 6) is -1.24. The minimum atomic E-state index is -1.05. The average Bonchev–Trinajstić information content (AvgIpc) is 3.27. The molecular weight excluding hydrogens is 523 g/mol. The van der Waals surface area contributed by atoms with Crippen LogP contribution in [0.3, 0.4) is 0 Å². The number of ether oxygens (including phenoxy) is 2. The van der Waals surface area contributed by atoms with E-state index in [-0.39, 0.29) is 24.6 Å². The summed E-state index contributed by atoms with van der Waals surface area (Å²) in [7, 11) is 2.47. The van der Waals surface area contributed by atoms with Crippen LogP contribution in [0.4, 0.5) is 29.3 Å². The fourth-order valence-electron chi connectivity index (χ4n) is 6.10. The highest BCUT2D eigenvalue weighted by Gasteiger charge is 2.38. The SMILES string of the molecule is CCC1CCN(Cc2cc3c4c(cnc3[nH]2)CN(c2c(F)c(OC)cc(OC)c2F)C(=O)N4CCF)CCC1C. The van der Waals surface area contributed by atoms with Crippen molar-refractivity contribution in [3.05, 3.63) is 41.2 Å². The highest BCUT2D eigenvalue weighted by atomic mass is 19.1. The first-order valence-corrected chi connectivity index (χ1v) is 13.8. The molecule has 0 aliphatic carbocycles. The monoisotopic (exact) mass is 559 g/mol. The molecular formula is C29H36F3N5O3. The van der Waals surface area contributed by atoms with E-state index in [4.69, 9.17) is 9.47 Å². The van der Waals surface area contributed by atoms with E-state index < -0.39 is 30.0 Å². The molecule has 1 aromatic carbocycles. The van der Waals surface area contributed by atoms with Crippen LogP contribution in [0.15, 0.2) is 18.3 Å². The summed E-state index contributed by atoms with van der Waals surface area (Å²) in [5.41, 5.74) is 1.95. The van der Waals surface area contributed by atoms with Gasteiger partial charge in [-0.15, -0.1) is 0 Å². The number of fused-ring (bicyclic) bond motifs is 3. The lowest BCUT2D eigenvalue weighted by atomic mass is 9.88. The number of rotatable bonds is 8. The standard InChI is InChI=1S/C29H36F3N5O3/c1-5-18-7-10-35(9-6-17(18)2)16-20-12-21-26-19(14-33-28(21)34-20)15-37(29(38)36(26)11-8-30)27-24(31)22(39-3)13-23(40-4)25(27)32/h12-14,17-18H,5-11,15-16H2,1-4H3,(H,33,34). The molecule has 2 amide bonds. The zero-order valence-electron chi connectivity index (χ0n) is 23.4. The van der Waals surface area contributed by atoms with Crippen LogP contribution in [0.1, 0.15) is 44.4 Å². The second-order valence-electron chi connectivity index (χ2n) is 10.7. The third-order valence-corrected chi connectivity index (χ3v) is 8.39. The normalized spacial score (nSPS) is 20.1. The summed E-state index contributed by atoms with van der Waals surface area (Å²) in [5, 5.41) is 0.674. The minimum Gasteiger partial charge on any atom is -0.493 e. The number of H-pyrrole nitrogens is 1. The Labute approximate surface area is 232 Å². The molecule has 216 valence electrons. The highest BCUT2D eigenvalue weighted by Crippen LogP contribution is 2.42. The van der Waals surface area contributed by atoms with Gasteiger partial charge in [-0.3, -0.25) is 14.7 Å². The molecule has 40 heavy (non-hydrogen) atoms. The number of alkyl halides is 1. The molecule has 11 heteroatoms. The van der Waals surface area contributed by atoms with Gasteiger partial charge in [0.05, 0.1) is 33.0 Å². The molecule has 0 radical (unpaired) electrons. The zero-order valence-corrected chi connectivity index (χ0v) is 23.4. The van der Waals surface area contributed by atoms with E-state index in [1.54, 1.807) is 6.20 Å². The predicted molar refractivity (Wildman–Crippen MR) is 148 cm³/mol. The Balaban J connectivity index is 1.51. The summed E-state index contributed by atoms with van der Waals surface area (Å²) < 4.78 is 54.6. The van der Waals surface area contributed by atoms with E-state index >= 15 is 8.78 Å². The quantitative estimate of drug-likeness (QED) is 0.365. The van der Waals surface area contributed by atoms with Crippen LogP contribution in [-0.4, -0.2) is 61.4 Å². The molecule has 1 N–H and O–H groups in total. The third kappa shape index (κ3) is 4.95. The Kier molecular flexibility index (Phi) is 8.11. The maximum Gasteiger partial charge on any atom is 0.329 e. The molecule has 5 rings (SSSR count). The van der Waals surface area contributed by atoms with E-state index in [1.165, 1.54) is 25.5 Å². The first-order chi connectivity index (χ1) is 19.3. The smallest absolute Gasteiger partial charge is 0.329 e. The van der Waals surface area contributed by atoms with Crippen molar-refractivity contribution >= 4 is 28.4 Å². The van der Waals surface area contributed by atoms with Crippen LogP contribution in [0.5, 0.6) is 11.5 Å². The van der Waals surface area contributed by atoms with E-state index in [0.717, 1.165) is 48.5 Å². The number of anilines is 2. The number of carbonyl (C=O) groups is 1. The number of nitrogens with zero attached hydrogens (tertiary/aromatic N) is 4. The molecule has 4 heterocycles. The van der Waals surface area contributed by atoms with Crippen molar-refractivity contribution in [1.82, 2.24) is 14.9 Å². The van der Waals surface area contributed by atoms with Gasteiger partial charge >= 0.3 is 6.03 Å².